The predicted molar refractivity (Wildman–Crippen MR) is 60.4 cm³/mol. The first-order valence-corrected chi connectivity index (χ1v) is 5.12. The summed E-state index contributed by atoms with van der Waals surface area (Å²) in [5.74, 6) is -0.346. The SMILES string of the molecule is CNCC(C)C(=O)c1cc(F)ccc1OC. The fourth-order valence-corrected chi connectivity index (χ4v) is 1.54. The number of carbonyl (C=O) groups excluding carboxylic acids is 1. The van der Waals surface area contributed by atoms with Crippen LogP contribution in [0.4, 0.5) is 4.39 Å². The molecule has 0 saturated heterocycles. The van der Waals surface area contributed by atoms with Gasteiger partial charge in [-0.2, -0.15) is 0 Å². The number of benzene rings is 1. The van der Waals surface area contributed by atoms with Gasteiger partial charge in [0.25, 0.3) is 0 Å². The van der Waals surface area contributed by atoms with Crippen molar-refractivity contribution in [3.63, 3.8) is 0 Å². The van der Waals surface area contributed by atoms with Gasteiger partial charge in [0.05, 0.1) is 12.7 Å². The van der Waals surface area contributed by atoms with Crippen LogP contribution in [0.2, 0.25) is 0 Å². The van der Waals surface area contributed by atoms with Gasteiger partial charge in [-0.05, 0) is 25.2 Å². The van der Waals surface area contributed by atoms with Gasteiger partial charge in [0.1, 0.15) is 11.6 Å². The lowest BCUT2D eigenvalue weighted by Crippen LogP contribution is -2.24. The van der Waals surface area contributed by atoms with Gasteiger partial charge in [0, 0.05) is 12.5 Å². The fourth-order valence-electron chi connectivity index (χ4n) is 1.54. The molecule has 0 aliphatic carbocycles. The van der Waals surface area contributed by atoms with Crippen molar-refractivity contribution in [3.8, 4) is 5.75 Å². The van der Waals surface area contributed by atoms with Crippen LogP contribution in [-0.2, 0) is 0 Å². The number of carbonyl (C=O) groups is 1. The minimum absolute atomic E-state index is 0.120. The monoisotopic (exact) mass is 225 g/mol. The summed E-state index contributed by atoms with van der Waals surface area (Å²) in [5.41, 5.74) is 0.297. The van der Waals surface area contributed by atoms with E-state index >= 15 is 0 Å². The standard InChI is InChI=1S/C12H16FNO2/c1-8(7-14-2)12(15)10-6-9(13)4-5-11(10)16-3/h4-6,8,14H,7H2,1-3H3. The Hall–Kier alpha value is -1.42. The lowest BCUT2D eigenvalue weighted by molar-refractivity contribution is 0.0926. The average molecular weight is 225 g/mol. The Morgan fingerprint density at radius 2 is 2.25 bits per heavy atom. The third-order valence-electron chi connectivity index (χ3n) is 2.38. The Labute approximate surface area is 94.6 Å². The topological polar surface area (TPSA) is 38.3 Å². The number of hydrogen-bond donors (Lipinski definition) is 1. The third-order valence-corrected chi connectivity index (χ3v) is 2.38. The maximum Gasteiger partial charge on any atom is 0.170 e. The number of ketones is 1. The van der Waals surface area contributed by atoms with E-state index < -0.39 is 5.82 Å². The Morgan fingerprint density at radius 1 is 1.56 bits per heavy atom. The van der Waals surface area contributed by atoms with Crippen LogP contribution >= 0.6 is 0 Å². The van der Waals surface area contributed by atoms with Crippen LogP contribution < -0.4 is 10.1 Å². The van der Waals surface area contributed by atoms with Gasteiger partial charge in [-0.1, -0.05) is 6.92 Å². The summed E-state index contributed by atoms with van der Waals surface area (Å²) in [4.78, 5) is 12.0. The summed E-state index contributed by atoms with van der Waals surface area (Å²) in [7, 11) is 3.24. The summed E-state index contributed by atoms with van der Waals surface area (Å²) in [6, 6.07) is 3.96. The van der Waals surface area contributed by atoms with E-state index in [9.17, 15) is 9.18 Å². The van der Waals surface area contributed by atoms with E-state index in [2.05, 4.69) is 5.32 Å². The summed E-state index contributed by atoms with van der Waals surface area (Å²) < 4.78 is 18.1. The number of rotatable bonds is 5. The smallest absolute Gasteiger partial charge is 0.170 e. The molecule has 1 unspecified atom stereocenters. The molecule has 0 aliphatic rings. The van der Waals surface area contributed by atoms with Crippen LogP contribution in [0.3, 0.4) is 0 Å². The average Bonchev–Trinajstić information content (AvgIpc) is 2.28. The maximum absolute atomic E-state index is 13.1. The van der Waals surface area contributed by atoms with E-state index in [0.717, 1.165) is 0 Å². The molecule has 0 saturated carbocycles. The van der Waals surface area contributed by atoms with Crippen molar-refractivity contribution in [2.24, 2.45) is 5.92 Å². The summed E-state index contributed by atoms with van der Waals surface area (Å²) in [6.45, 7) is 2.35. The minimum Gasteiger partial charge on any atom is -0.496 e. The highest BCUT2D eigenvalue weighted by atomic mass is 19.1. The highest BCUT2D eigenvalue weighted by molar-refractivity contribution is 6.00. The van der Waals surface area contributed by atoms with Crippen LogP contribution in [0.25, 0.3) is 0 Å². The van der Waals surface area contributed by atoms with Crippen molar-refractivity contribution in [1.82, 2.24) is 5.32 Å². The molecule has 88 valence electrons. The number of Topliss-reactive ketones (excluding diaryl/α,β-unsaturated/α-hetero) is 1. The Balaban J connectivity index is 3.01. The number of methoxy groups -OCH3 is 1. The Morgan fingerprint density at radius 3 is 2.81 bits per heavy atom. The van der Waals surface area contributed by atoms with Gasteiger partial charge >= 0.3 is 0 Å². The predicted octanol–water partition coefficient (Wildman–Crippen LogP) is 1.87. The van der Waals surface area contributed by atoms with E-state index in [1.807, 2.05) is 0 Å². The largest absolute Gasteiger partial charge is 0.496 e. The van der Waals surface area contributed by atoms with Gasteiger partial charge in [-0.25, -0.2) is 4.39 Å². The van der Waals surface area contributed by atoms with Crippen molar-refractivity contribution >= 4 is 5.78 Å². The second kappa shape index (κ2) is 5.61. The van der Waals surface area contributed by atoms with Gasteiger partial charge in [-0.3, -0.25) is 4.79 Å². The molecule has 0 fully saturated rings. The van der Waals surface area contributed by atoms with Crippen molar-refractivity contribution in [2.45, 2.75) is 6.92 Å². The summed E-state index contributed by atoms with van der Waals surface area (Å²) in [5, 5.41) is 2.91. The van der Waals surface area contributed by atoms with E-state index in [-0.39, 0.29) is 11.7 Å². The highest BCUT2D eigenvalue weighted by Gasteiger charge is 2.19. The zero-order valence-corrected chi connectivity index (χ0v) is 9.71. The molecule has 0 heterocycles. The fraction of sp³-hybridized carbons (Fsp3) is 0.417. The first kappa shape index (κ1) is 12.6. The van der Waals surface area contributed by atoms with E-state index in [4.69, 9.17) is 4.74 Å². The summed E-state index contributed by atoms with van der Waals surface area (Å²) >= 11 is 0. The van der Waals surface area contributed by atoms with Crippen LogP contribution in [0.1, 0.15) is 17.3 Å². The van der Waals surface area contributed by atoms with E-state index in [0.29, 0.717) is 17.9 Å². The molecule has 1 rings (SSSR count). The van der Waals surface area contributed by atoms with Crippen molar-refractivity contribution in [1.29, 1.82) is 0 Å². The molecular formula is C12H16FNO2. The molecule has 0 aromatic heterocycles. The zero-order chi connectivity index (χ0) is 12.1. The lowest BCUT2D eigenvalue weighted by Gasteiger charge is -2.12. The van der Waals surface area contributed by atoms with Crippen molar-refractivity contribution in [2.75, 3.05) is 20.7 Å². The van der Waals surface area contributed by atoms with E-state index in [1.54, 1.807) is 14.0 Å². The molecule has 0 bridgehead atoms. The number of ether oxygens (including phenoxy) is 1. The Kier molecular flexibility index (Phi) is 4.43. The molecule has 1 N–H and O–H groups in total. The first-order chi connectivity index (χ1) is 7.60. The normalized spacial score (nSPS) is 12.2. The molecule has 1 aromatic rings. The minimum atomic E-state index is -0.430. The van der Waals surface area contributed by atoms with Gasteiger partial charge in [-0.15, -0.1) is 0 Å². The second-order valence-corrected chi connectivity index (χ2v) is 3.67. The molecule has 16 heavy (non-hydrogen) atoms. The maximum atomic E-state index is 13.1. The van der Waals surface area contributed by atoms with Gasteiger partial charge in [0.2, 0.25) is 0 Å². The molecule has 0 spiro atoms. The molecule has 0 radical (unpaired) electrons. The van der Waals surface area contributed by atoms with Crippen LogP contribution in [0.15, 0.2) is 18.2 Å². The van der Waals surface area contributed by atoms with Crippen LogP contribution in [0.5, 0.6) is 5.75 Å². The first-order valence-electron chi connectivity index (χ1n) is 5.12. The Bertz CT molecular complexity index is 379. The number of hydrogen-bond acceptors (Lipinski definition) is 3. The van der Waals surface area contributed by atoms with Crippen LogP contribution in [0, 0.1) is 11.7 Å². The number of halogens is 1. The lowest BCUT2D eigenvalue weighted by atomic mass is 9.98. The molecule has 4 heteroatoms. The number of nitrogens with one attached hydrogen (secondary N) is 1. The molecule has 3 nitrogen and oxygen atoms in total. The van der Waals surface area contributed by atoms with Crippen molar-refractivity contribution < 1.29 is 13.9 Å². The van der Waals surface area contributed by atoms with Crippen LogP contribution in [-0.4, -0.2) is 26.5 Å². The second-order valence-electron chi connectivity index (χ2n) is 3.67. The van der Waals surface area contributed by atoms with E-state index in [1.165, 1.54) is 25.3 Å². The zero-order valence-electron chi connectivity index (χ0n) is 9.71. The summed E-state index contributed by atoms with van der Waals surface area (Å²) in [6.07, 6.45) is 0. The van der Waals surface area contributed by atoms with Gasteiger partial charge < -0.3 is 10.1 Å². The third kappa shape index (κ3) is 2.79. The van der Waals surface area contributed by atoms with Gasteiger partial charge in [0.15, 0.2) is 5.78 Å². The molecule has 0 aliphatic heterocycles. The molecular weight excluding hydrogens is 209 g/mol. The quantitative estimate of drug-likeness (QED) is 0.777. The molecule has 1 atom stereocenters. The van der Waals surface area contributed by atoms with Crippen molar-refractivity contribution in [3.05, 3.63) is 29.6 Å². The molecule has 1 aromatic carbocycles. The molecule has 0 amide bonds. The highest BCUT2D eigenvalue weighted by Crippen LogP contribution is 2.22.